The molecule has 1 aromatic rings. The zero-order chi connectivity index (χ0) is 18.1. The van der Waals surface area contributed by atoms with Gasteiger partial charge in [-0.2, -0.15) is 0 Å². The van der Waals surface area contributed by atoms with E-state index in [2.05, 4.69) is 53.1 Å². The molecule has 4 rings (SSSR count). The Morgan fingerprint density at radius 2 is 2.04 bits per heavy atom. The minimum atomic E-state index is 0.0228. The van der Waals surface area contributed by atoms with E-state index >= 15 is 0 Å². The Labute approximate surface area is 155 Å². The van der Waals surface area contributed by atoms with Crippen LogP contribution >= 0.6 is 0 Å². The fourth-order valence-electron chi connectivity index (χ4n) is 4.55. The molecule has 6 nitrogen and oxygen atoms in total. The monoisotopic (exact) mass is 358 g/mol. The van der Waals surface area contributed by atoms with Gasteiger partial charge in [0.25, 0.3) is 0 Å². The second-order valence-corrected chi connectivity index (χ2v) is 8.13. The number of hydrogen-bond donors (Lipinski definition) is 3. The number of benzene rings is 1. The normalized spacial score (nSPS) is 29.5. The van der Waals surface area contributed by atoms with Gasteiger partial charge in [0, 0.05) is 32.2 Å². The van der Waals surface area contributed by atoms with Crippen LogP contribution in [0.15, 0.2) is 18.2 Å². The summed E-state index contributed by atoms with van der Waals surface area (Å²) >= 11 is 0. The molecule has 142 valence electrons. The fourth-order valence-corrected chi connectivity index (χ4v) is 4.55. The highest BCUT2D eigenvalue weighted by atomic mass is 16.5. The Hall–Kier alpha value is -1.63. The summed E-state index contributed by atoms with van der Waals surface area (Å²) in [5.41, 5.74) is 8.55. The van der Waals surface area contributed by atoms with Crippen molar-refractivity contribution in [2.24, 2.45) is 11.8 Å². The first kappa shape index (κ1) is 17.8. The highest BCUT2D eigenvalue weighted by Gasteiger charge is 2.39. The van der Waals surface area contributed by atoms with E-state index in [4.69, 9.17) is 4.74 Å². The Morgan fingerprint density at radius 3 is 2.81 bits per heavy atom. The van der Waals surface area contributed by atoms with Crippen molar-refractivity contribution in [1.29, 1.82) is 0 Å². The molecule has 2 saturated heterocycles. The minimum Gasteiger partial charge on any atom is -0.489 e. The number of carbonyl (C=O) groups excluding carboxylic acids is 1. The van der Waals surface area contributed by atoms with Gasteiger partial charge in [0.15, 0.2) is 0 Å². The van der Waals surface area contributed by atoms with Gasteiger partial charge in [-0.3, -0.25) is 15.1 Å². The van der Waals surface area contributed by atoms with Crippen molar-refractivity contribution < 1.29 is 9.53 Å². The zero-order valence-corrected chi connectivity index (χ0v) is 15.8. The Balaban J connectivity index is 1.45. The van der Waals surface area contributed by atoms with E-state index in [1.807, 2.05) is 0 Å². The third kappa shape index (κ3) is 3.59. The van der Waals surface area contributed by atoms with Crippen LogP contribution in [-0.4, -0.2) is 42.6 Å². The molecule has 1 aromatic carbocycles. The molecule has 2 fully saturated rings. The van der Waals surface area contributed by atoms with Gasteiger partial charge in [-0.1, -0.05) is 19.9 Å². The van der Waals surface area contributed by atoms with Crippen molar-refractivity contribution in [3.05, 3.63) is 29.3 Å². The highest BCUT2D eigenvalue weighted by molar-refractivity contribution is 5.80. The topological polar surface area (TPSA) is 65.6 Å². The number of nitrogens with zero attached hydrogens (tertiary/aromatic N) is 1. The summed E-state index contributed by atoms with van der Waals surface area (Å²) in [5.74, 6) is 1.43. The van der Waals surface area contributed by atoms with Gasteiger partial charge in [-0.05, 0) is 48.6 Å². The predicted molar refractivity (Wildman–Crippen MR) is 100 cm³/mol. The number of hydrazine groups is 1. The summed E-state index contributed by atoms with van der Waals surface area (Å²) < 4.78 is 6.18. The lowest BCUT2D eigenvalue weighted by Gasteiger charge is -2.39. The number of nitrogens with one attached hydrogen (secondary N) is 3. The van der Waals surface area contributed by atoms with Crippen molar-refractivity contribution in [2.45, 2.75) is 51.9 Å². The summed E-state index contributed by atoms with van der Waals surface area (Å²) in [7, 11) is 0. The van der Waals surface area contributed by atoms with Gasteiger partial charge in [0.1, 0.15) is 11.9 Å². The number of hydrogen-bond acceptors (Lipinski definition) is 5. The lowest BCUT2D eigenvalue weighted by atomic mass is 9.85. The van der Waals surface area contributed by atoms with Crippen LogP contribution in [0.2, 0.25) is 0 Å². The molecule has 1 amide bonds. The molecule has 6 heteroatoms. The van der Waals surface area contributed by atoms with Crippen molar-refractivity contribution in [3.63, 3.8) is 0 Å². The van der Waals surface area contributed by atoms with Crippen LogP contribution < -0.4 is 20.9 Å². The first-order valence-electron chi connectivity index (χ1n) is 9.88. The molecule has 2 unspecified atom stereocenters. The third-order valence-electron chi connectivity index (χ3n) is 5.91. The maximum absolute atomic E-state index is 12.3. The maximum atomic E-state index is 12.3. The standard InChI is InChI=1S/C20H30N4O2/c1-13(2)19-18(10-22-23-20(19)25)24-11-14-5-6-16(8-15(14)12-24)26-17-4-3-7-21-9-17/h5-6,8,13,17-19,21-22H,3-4,7,9-12H2,1-2H3,(H,23,25)/t17-,18?,19?/m0/s1. The van der Waals surface area contributed by atoms with Gasteiger partial charge < -0.3 is 10.1 Å². The number of ether oxygens (including phenoxy) is 1. The molecule has 3 heterocycles. The van der Waals surface area contributed by atoms with E-state index in [9.17, 15) is 4.79 Å². The molecular weight excluding hydrogens is 328 g/mol. The molecule has 0 radical (unpaired) electrons. The Morgan fingerprint density at radius 1 is 1.19 bits per heavy atom. The van der Waals surface area contributed by atoms with E-state index in [-0.39, 0.29) is 24.0 Å². The van der Waals surface area contributed by atoms with E-state index in [1.165, 1.54) is 17.5 Å². The summed E-state index contributed by atoms with van der Waals surface area (Å²) in [5, 5.41) is 3.40. The van der Waals surface area contributed by atoms with E-state index in [0.717, 1.165) is 44.9 Å². The van der Waals surface area contributed by atoms with Crippen molar-refractivity contribution in [1.82, 2.24) is 21.1 Å². The van der Waals surface area contributed by atoms with Crippen LogP contribution in [0.5, 0.6) is 5.75 Å². The quantitative estimate of drug-likeness (QED) is 0.759. The van der Waals surface area contributed by atoms with Gasteiger partial charge in [0.05, 0.1) is 5.92 Å². The number of amides is 1. The number of fused-ring (bicyclic) bond motifs is 1. The third-order valence-corrected chi connectivity index (χ3v) is 5.91. The SMILES string of the molecule is CC(C)C1C(=O)NNCC1N1Cc2ccc(O[C@H]3CCCNC3)cc2C1. The first-order chi connectivity index (χ1) is 12.6. The molecular formula is C20H30N4O2. The average molecular weight is 358 g/mol. The maximum Gasteiger partial charge on any atom is 0.239 e. The summed E-state index contributed by atoms with van der Waals surface area (Å²) in [6.45, 7) is 8.88. The molecule has 0 spiro atoms. The Bertz CT molecular complexity index is 657. The molecule has 26 heavy (non-hydrogen) atoms. The summed E-state index contributed by atoms with van der Waals surface area (Å²) in [6, 6.07) is 6.72. The molecule has 0 aliphatic carbocycles. The molecule has 3 aliphatic rings. The number of piperidine rings is 1. The number of rotatable bonds is 4. The highest BCUT2D eigenvalue weighted by Crippen LogP contribution is 2.32. The van der Waals surface area contributed by atoms with Gasteiger partial charge in [0.2, 0.25) is 5.91 Å². The second kappa shape index (κ2) is 7.55. The van der Waals surface area contributed by atoms with Crippen LogP contribution in [-0.2, 0) is 17.9 Å². The van der Waals surface area contributed by atoms with Gasteiger partial charge in [-0.15, -0.1) is 0 Å². The van der Waals surface area contributed by atoms with E-state index < -0.39 is 0 Å². The largest absolute Gasteiger partial charge is 0.489 e. The molecule has 3 atom stereocenters. The molecule has 0 saturated carbocycles. The van der Waals surface area contributed by atoms with Crippen molar-refractivity contribution >= 4 is 5.91 Å². The lowest BCUT2D eigenvalue weighted by molar-refractivity contribution is -0.133. The van der Waals surface area contributed by atoms with Gasteiger partial charge in [-0.25, -0.2) is 5.43 Å². The summed E-state index contributed by atoms with van der Waals surface area (Å²) in [6.07, 6.45) is 2.57. The minimum absolute atomic E-state index is 0.0228. The lowest BCUT2D eigenvalue weighted by Crippen LogP contribution is -2.61. The van der Waals surface area contributed by atoms with Crippen molar-refractivity contribution in [3.8, 4) is 5.75 Å². The van der Waals surface area contributed by atoms with Crippen LogP contribution in [0.4, 0.5) is 0 Å². The van der Waals surface area contributed by atoms with Crippen LogP contribution in [0.3, 0.4) is 0 Å². The summed E-state index contributed by atoms with van der Waals surface area (Å²) in [4.78, 5) is 14.8. The van der Waals surface area contributed by atoms with Crippen LogP contribution in [0, 0.1) is 11.8 Å². The fraction of sp³-hybridized carbons (Fsp3) is 0.650. The van der Waals surface area contributed by atoms with E-state index in [0.29, 0.717) is 5.92 Å². The average Bonchev–Trinajstić information content (AvgIpc) is 3.05. The Kier molecular flexibility index (Phi) is 5.16. The van der Waals surface area contributed by atoms with Crippen LogP contribution in [0.25, 0.3) is 0 Å². The second-order valence-electron chi connectivity index (χ2n) is 8.13. The van der Waals surface area contributed by atoms with Crippen LogP contribution in [0.1, 0.15) is 37.8 Å². The van der Waals surface area contributed by atoms with Crippen molar-refractivity contribution in [2.75, 3.05) is 19.6 Å². The smallest absolute Gasteiger partial charge is 0.239 e. The first-order valence-corrected chi connectivity index (χ1v) is 9.88. The van der Waals surface area contributed by atoms with Gasteiger partial charge >= 0.3 is 0 Å². The number of carbonyl (C=O) groups is 1. The molecule has 0 aromatic heterocycles. The zero-order valence-electron chi connectivity index (χ0n) is 15.8. The predicted octanol–water partition coefficient (Wildman–Crippen LogP) is 1.41. The molecule has 0 bridgehead atoms. The molecule has 3 N–H and O–H groups in total. The molecule has 3 aliphatic heterocycles. The van der Waals surface area contributed by atoms with E-state index in [1.54, 1.807) is 0 Å².